The van der Waals surface area contributed by atoms with Crippen molar-refractivity contribution in [2.24, 2.45) is 0 Å². The summed E-state index contributed by atoms with van der Waals surface area (Å²) in [6.45, 7) is 1.94. The van der Waals surface area contributed by atoms with Crippen LogP contribution in [0.2, 0.25) is 0 Å². The molecule has 0 fully saturated rings. The molecule has 0 aliphatic rings. The van der Waals surface area contributed by atoms with Gasteiger partial charge in [-0.3, -0.25) is 14.8 Å². The molecule has 94 valence electrons. The lowest BCUT2D eigenvalue weighted by Gasteiger charge is -2.11. The number of nitrogens with zero attached hydrogens (tertiary/aromatic N) is 2. The van der Waals surface area contributed by atoms with E-state index in [0.717, 1.165) is 21.9 Å². The number of amides is 1. The highest BCUT2D eigenvalue weighted by atomic mass is 79.9. The van der Waals surface area contributed by atoms with Gasteiger partial charge in [-0.25, -0.2) is 0 Å². The van der Waals surface area contributed by atoms with Crippen LogP contribution in [0.15, 0.2) is 29.0 Å². The maximum Gasteiger partial charge on any atom is 0.238 e. The van der Waals surface area contributed by atoms with Gasteiger partial charge < -0.3 is 5.32 Å². The standard InChI is InChI=1S/C12H11Br2N3O/c1-2-7(13)12(18)17-8-3-4-9-11(10(8)14)16-6-5-15-9/h3-7H,2H2,1H3,(H,17,18). The lowest BCUT2D eigenvalue weighted by Crippen LogP contribution is -2.22. The average molecular weight is 373 g/mol. The van der Waals surface area contributed by atoms with Crippen molar-refractivity contribution >= 4 is 54.5 Å². The fourth-order valence-electron chi connectivity index (χ4n) is 1.50. The molecular formula is C12H11Br2N3O. The van der Waals surface area contributed by atoms with Crippen molar-refractivity contribution in [3.8, 4) is 0 Å². The smallest absolute Gasteiger partial charge is 0.238 e. The molecule has 1 N–H and O–H groups in total. The Morgan fingerprint density at radius 1 is 1.39 bits per heavy atom. The summed E-state index contributed by atoms with van der Waals surface area (Å²) in [5.74, 6) is -0.0681. The third-order valence-electron chi connectivity index (χ3n) is 2.48. The van der Waals surface area contributed by atoms with Crippen molar-refractivity contribution in [1.82, 2.24) is 9.97 Å². The average Bonchev–Trinajstić information content (AvgIpc) is 2.41. The maximum absolute atomic E-state index is 11.8. The molecule has 0 radical (unpaired) electrons. The van der Waals surface area contributed by atoms with Crippen molar-refractivity contribution in [2.45, 2.75) is 18.2 Å². The van der Waals surface area contributed by atoms with Crippen LogP contribution >= 0.6 is 31.9 Å². The number of hydrogen-bond donors (Lipinski definition) is 1. The Bertz CT molecular complexity index is 589. The van der Waals surface area contributed by atoms with Crippen LogP contribution in [0.4, 0.5) is 5.69 Å². The number of carbonyl (C=O) groups excluding carboxylic acids is 1. The van der Waals surface area contributed by atoms with Gasteiger partial charge in [-0.05, 0) is 34.5 Å². The van der Waals surface area contributed by atoms with E-state index in [2.05, 4.69) is 47.1 Å². The van der Waals surface area contributed by atoms with Gasteiger partial charge in [0.15, 0.2) is 0 Å². The SMILES string of the molecule is CCC(Br)C(=O)Nc1ccc2nccnc2c1Br. The van der Waals surface area contributed by atoms with Crippen LogP contribution in [0, 0.1) is 0 Å². The van der Waals surface area contributed by atoms with Crippen LogP contribution in [0.5, 0.6) is 0 Å². The predicted molar refractivity (Wildman–Crippen MR) is 78.9 cm³/mol. The number of nitrogens with one attached hydrogen (secondary N) is 1. The Kier molecular flexibility index (Phi) is 4.29. The van der Waals surface area contributed by atoms with E-state index in [-0.39, 0.29) is 10.7 Å². The number of hydrogen-bond acceptors (Lipinski definition) is 3. The van der Waals surface area contributed by atoms with Gasteiger partial charge in [-0.2, -0.15) is 0 Å². The van der Waals surface area contributed by atoms with Crippen molar-refractivity contribution < 1.29 is 4.79 Å². The third kappa shape index (κ3) is 2.70. The zero-order chi connectivity index (χ0) is 13.1. The molecule has 2 aromatic rings. The largest absolute Gasteiger partial charge is 0.324 e. The van der Waals surface area contributed by atoms with Gasteiger partial charge in [0.1, 0.15) is 5.52 Å². The van der Waals surface area contributed by atoms with Gasteiger partial charge >= 0.3 is 0 Å². The highest BCUT2D eigenvalue weighted by molar-refractivity contribution is 9.10. The van der Waals surface area contributed by atoms with Gasteiger partial charge in [-0.1, -0.05) is 22.9 Å². The number of fused-ring (bicyclic) bond motifs is 1. The second-order valence-corrected chi connectivity index (χ2v) is 5.61. The van der Waals surface area contributed by atoms with E-state index in [0.29, 0.717) is 5.69 Å². The van der Waals surface area contributed by atoms with E-state index >= 15 is 0 Å². The minimum atomic E-state index is -0.193. The summed E-state index contributed by atoms with van der Waals surface area (Å²) in [4.78, 5) is 20.1. The fourth-order valence-corrected chi connectivity index (χ4v) is 2.15. The fraction of sp³-hybridized carbons (Fsp3) is 0.250. The highest BCUT2D eigenvalue weighted by Crippen LogP contribution is 2.29. The summed E-state index contributed by atoms with van der Waals surface area (Å²) in [7, 11) is 0. The molecule has 6 heteroatoms. The van der Waals surface area contributed by atoms with Gasteiger partial charge in [0.2, 0.25) is 5.91 Å². The Hall–Kier alpha value is -1.01. The molecule has 0 aliphatic heterocycles. The van der Waals surface area contributed by atoms with Gasteiger partial charge in [0.25, 0.3) is 0 Å². The molecule has 18 heavy (non-hydrogen) atoms. The van der Waals surface area contributed by atoms with E-state index in [9.17, 15) is 4.79 Å². The van der Waals surface area contributed by atoms with Crippen LogP contribution in [-0.2, 0) is 4.79 Å². The molecule has 0 bridgehead atoms. The first-order chi connectivity index (χ1) is 8.63. The first-order valence-electron chi connectivity index (χ1n) is 5.47. The van der Waals surface area contributed by atoms with Crippen LogP contribution in [-0.4, -0.2) is 20.7 Å². The van der Waals surface area contributed by atoms with Crippen molar-refractivity contribution in [3.63, 3.8) is 0 Å². The van der Waals surface area contributed by atoms with E-state index < -0.39 is 0 Å². The summed E-state index contributed by atoms with van der Waals surface area (Å²) in [6, 6.07) is 3.65. The number of carbonyl (C=O) groups is 1. The zero-order valence-corrected chi connectivity index (χ0v) is 12.8. The minimum absolute atomic E-state index is 0.0681. The third-order valence-corrected chi connectivity index (χ3v) is 4.35. The normalized spacial score (nSPS) is 12.4. The predicted octanol–water partition coefficient (Wildman–Crippen LogP) is 3.50. The lowest BCUT2D eigenvalue weighted by atomic mass is 10.2. The topological polar surface area (TPSA) is 54.9 Å². The molecule has 0 saturated carbocycles. The number of halogens is 2. The first kappa shape index (κ1) is 13.4. The number of anilines is 1. The quantitative estimate of drug-likeness (QED) is 0.839. The summed E-state index contributed by atoms with van der Waals surface area (Å²) in [6.07, 6.45) is 3.99. The second kappa shape index (κ2) is 5.75. The van der Waals surface area contributed by atoms with Crippen LogP contribution in [0.3, 0.4) is 0 Å². The monoisotopic (exact) mass is 371 g/mol. The Balaban J connectivity index is 2.35. The molecule has 2 rings (SSSR count). The summed E-state index contributed by atoms with van der Waals surface area (Å²) >= 11 is 6.77. The molecule has 1 aromatic carbocycles. The van der Waals surface area contributed by atoms with E-state index in [1.807, 2.05) is 19.1 Å². The van der Waals surface area contributed by atoms with Crippen LogP contribution in [0.25, 0.3) is 11.0 Å². The summed E-state index contributed by atoms with van der Waals surface area (Å²) in [5, 5.41) is 2.85. The lowest BCUT2D eigenvalue weighted by molar-refractivity contribution is -0.115. The molecule has 0 aliphatic carbocycles. The van der Waals surface area contributed by atoms with Crippen LogP contribution in [0.1, 0.15) is 13.3 Å². The van der Waals surface area contributed by atoms with E-state index in [1.165, 1.54) is 0 Å². The molecule has 1 atom stereocenters. The summed E-state index contributed by atoms with van der Waals surface area (Å²) in [5.41, 5.74) is 2.22. The number of benzene rings is 1. The number of rotatable bonds is 3. The van der Waals surface area contributed by atoms with Crippen molar-refractivity contribution in [1.29, 1.82) is 0 Å². The van der Waals surface area contributed by atoms with E-state index in [4.69, 9.17) is 0 Å². The molecule has 1 heterocycles. The molecule has 1 amide bonds. The molecule has 4 nitrogen and oxygen atoms in total. The first-order valence-corrected chi connectivity index (χ1v) is 7.18. The molecule has 0 spiro atoms. The Morgan fingerprint density at radius 2 is 2.11 bits per heavy atom. The number of alkyl halides is 1. The minimum Gasteiger partial charge on any atom is -0.324 e. The van der Waals surface area contributed by atoms with Gasteiger partial charge in [-0.15, -0.1) is 0 Å². The van der Waals surface area contributed by atoms with Crippen molar-refractivity contribution in [3.05, 3.63) is 29.0 Å². The van der Waals surface area contributed by atoms with Gasteiger partial charge in [0.05, 0.1) is 20.5 Å². The molecular weight excluding hydrogens is 362 g/mol. The second-order valence-electron chi connectivity index (χ2n) is 3.72. The highest BCUT2D eigenvalue weighted by Gasteiger charge is 2.15. The maximum atomic E-state index is 11.8. The number of aromatic nitrogens is 2. The summed E-state index contributed by atoms with van der Waals surface area (Å²) < 4.78 is 0.747. The molecule has 1 unspecified atom stereocenters. The molecule has 1 aromatic heterocycles. The van der Waals surface area contributed by atoms with Crippen LogP contribution < -0.4 is 5.32 Å². The van der Waals surface area contributed by atoms with Gasteiger partial charge in [0, 0.05) is 12.4 Å². The zero-order valence-electron chi connectivity index (χ0n) is 9.65. The van der Waals surface area contributed by atoms with Crippen molar-refractivity contribution in [2.75, 3.05) is 5.32 Å². The Labute approximate surface area is 121 Å². The molecule has 0 saturated heterocycles. The Morgan fingerprint density at radius 3 is 2.83 bits per heavy atom. The van der Waals surface area contributed by atoms with E-state index in [1.54, 1.807) is 12.4 Å².